The second-order valence-electron chi connectivity index (χ2n) is 1.01. The zero-order valence-corrected chi connectivity index (χ0v) is 5.49. The average molecular weight is 158 g/mol. The van der Waals surface area contributed by atoms with Crippen LogP contribution in [0.2, 0.25) is 0 Å². The Morgan fingerprint density at radius 2 is 2.12 bits per heavy atom. The molecular formula is C3H3Cl2O3-. The molecule has 0 atom stereocenters. The minimum absolute atomic E-state index is 1.07. The van der Waals surface area contributed by atoms with Crippen LogP contribution in [0.15, 0.2) is 0 Å². The quantitative estimate of drug-likeness (QED) is 0.509. The van der Waals surface area contributed by atoms with E-state index in [9.17, 15) is 9.90 Å². The van der Waals surface area contributed by atoms with E-state index in [1.54, 1.807) is 0 Å². The van der Waals surface area contributed by atoms with Gasteiger partial charge in [0.2, 0.25) is 0 Å². The van der Waals surface area contributed by atoms with E-state index in [0.717, 1.165) is 7.11 Å². The summed E-state index contributed by atoms with van der Waals surface area (Å²) in [5.41, 5.74) is 0. The van der Waals surface area contributed by atoms with Crippen molar-refractivity contribution in [3.63, 3.8) is 0 Å². The molecule has 0 saturated carbocycles. The molecule has 0 aromatic rings. The van der Waals surface area contributed by atoms with E-state index >= 15 is 0 Å². The summed E-state index contributed by atoms with van der Waals surface area (Å²) in [6.07, 6.45) is 0. The number of rotatable bonds is 2. The third-order valence-electron chi connectivity index (χ3n) is 0.494. The van der Waals surface area contributed by atoms with Gasteiger partial charge in [-0.15, -0.1) is 0 Å². The first-order valence-corrected chi connectivity index (χ1v) is 2.40. The molecule has 0 rings (SSSR count). The van der Waals surface area contributed by atoms with Crippen LogP contribution in [0.5, 0.6) is 0 Å². The van der Waals surface area contributed by atoms with Gasteiger partial charge in [0.05, 0.1) is 0 Å². The summed E-state index contributed by atoms with van der Waals surface area (Å²) in [5, 5.41) is 9.75. The van der Waals surface area contributed by atoms with Gasteiger partial charge in [0.15, 0.2) is 0 Å². The van der Waals surface area contributed by atoms with E-state index < -0.39 is 10.5 Å². The Kier molecular flexibility index (Phi) is 2.53. The number of carbonyl (C=O) groups is 1. The molecule has 0 amide bonds. The van der Waals surface area contributed by atoms with Gasteiger partial charge in [-0.2, -0.15) is 0 Å². The van der Waals surface area contributed by atoms with Crippen LogP contribution in [-0.4, -0.2) is 17.6 Å². The molecule has 0 saturated heterocycles. The fourth-order valence-electron chi connectivity index (χ4n) is 0.0833. The summed E-state index contributed by atoms with van der Waals surface area (Å²) >= 11 is 9.87. The molecule has 5 heteroatoms. The summed E-state index contributed by atoms with van der Waals surface area (Å²) in [7, 11) is 1.07. The molecule has 8 heavy (non-hydrogen) atoms. The van der Waals surface area contributed by atoms with Crippen molar-refractivity contribution < 1.29 is 14.6 Å². The van der Waals surface area contributed by atoms with Crippen molar-refractivity contribution in [1.82, 2.24) is 0 Å². The van der Waals surface area contributed by atoms with E-state index in [0.29, 0.717) is 0 Å². The molecule has 0 aromatic carbocycles. The first kappa shape index (κ1) is 8.01. The molecule has 0 aliphatic heterocycles. The summed E-state index contributed by atoms with van der Waals surface area (Å²) < 4.78 is 1.86. The van der Waals surface area contributed by atoms with Crippen LogP contribution in [0, 0.1) is 0 Å². The summed E-state index contributed by atoms with van der Waals surface area (Å²) in [6, 6.07) is 0. The fourth-order valence-corrected chi connectivity index (χ4v) is 0.0833. The van der Waals surface area contributed by atoms with Gasteiger partial charge in [-0.3, -0.25) is 0 Å². The van der Waals surface area contributed by atoms with Gasteiger partial charge in [0.1, 0.15) is 5.97 Å². The number of aliphatic carboxylic acids is 1. The lowest BCUT2D eigenvalue weighted by Gasteiger charge is -2.17. The molecule has 0 aliphatic carbocycles. The highest BCUT2D eigenvalue weighted by atomic mass is 35.5. The van der Waals surface area contributed by atoms with Crippen molar-refractivity contribution in [2.45, 2.75) is 4.52 Å². The summed E-state index contributed by atoms with van der Waals surface area (Å²) in [5.74, 6) is -1.66. The number of hydrogen-bond donors (Lipinski definition) is 0. The van der Waals surface area contributed by atoms with Gasteiger partial charge in [-0.25, -0.2) is 0 Å². The highest BCUT2D eigenvalue weighted by Crippen LogP contribution is 2.19. The average Bonchev–Trinajstić information content (AvgIpc) is 1.67. The number of carboxylic acids is 1. The molecule has 0 unspecified atom stereocenters. The van der Waals surface area contributed by atoms with Crippen LogP contribution in [0.25, 0.3) is 0 Å². The number of carboxylic acid groups (broad SMARTS) is 1. The lowest BCUT2D eigenvalue weighted by molar-refractivity contribution is -0.314. The van der Waals surface area contributed by atoms with Gasteiger partial charge in [0.25, 0.3) is 4.52 Å². The largest absolute Gasteiger partial charge is 0.544 e. The van der Waals surface area contributed by atoms with Crippen molar-refractivity contribution in [2.75, 3.05) is 7.11 Å². The predicted molar refractivity (Wildman–Crippen MR) is 26.5 cm³/mol. The molecule has 48 valence electrons. The zero-order valence-electron chi connectivity index (χ0n) is 3.98. The number of hydrogen-bond acceptors (Lipinski definition) is 3. The Balaban J connectivity index is 3.91. The van der Waals surface area contributed by atoms with Crippen molar-refractivity contribution in [3.8, 4) is 0 Å². The van der Waals surface area contributed by atoms with Crippen LogP contribution < -0.4 is 5.11 Å². The van der Waals surface area contributed by atoms with Gasteiger partial charge < -0.3 is 14.6 Å². The van der Waals surface area contributed by atoms with Gasteiger partial charge in [0, 0.05) is 7.11 Å². The van der Waals surface area contributed by atoms with E-state index in [1.807, 2.05) is 0 Å². The smallest absolute Gasteiger partial charge is 0.258 e. The third kappa shape index (κ3) is 1.86. The van der Waals surface area contributed by atoms with E-state index in [1.165, 1.54) is 0 Å². The topological polar surface area (TPSA) is 49.4 Å². The van der Waals surface area contributed by atoms with Crippen LogP contribution in [0.4, 0.5) is 0 Å². The monoisotopic (exact) mass is 157 g/mol. The zero-order chi connectivity index (χ0) is 6.78. The molecule has 0 radical (unpaired) electrons. The van der Waals surface area contributed by atoms with Crippen molar-refractivity contribution in [1.29, 1.82) is 0 Å². The highest BCUT2D eigenvalue weighted by molar-refractivity contribution is 6.55. The normalized spacial score (nSPS) is 11.4. The summed E-state index contributed by atoms with van der Waals surface area (Å²) in [4.78, 5) is 9.75. The Labute approximate surface area is 56.1 Å². The van der Waals surface area contributed by atoms with Gasteiger partial charge >= 0.3 is 0 Å². The predicted octanol–water partition coefficient (Wildman–Crippen LogP) is -0.486. The molecule has 3 nitrogen and oxygen atoms in total. The van der Waals surface area contributed by atoms with Crippen LogP contribution >= 0.6 is 23.2 Å². The van der Waals surface area contributed by atoms with Gasteiger partial charge in [-0.1, -0.05) is 23.2 Å². The molecule has 0 N–H and O–H groups in total. The molecule has 0 bridgehead atoms. The maximum atomic E-state index is 9.75. The fraction of sp³-hybridized carbons (Fsp3) is 0.667. The van der Waals surface area contributed by atoms with Crippen LogP contribution in [0.1, 0.15) is 0 Å². The van der Waals surface area contributed by atoms with E-state index in [2.05, 4.69) is 4.74 Å². The number of carbonyl (C=O) groups excluding carboxylic acids is 1. The van der Waals surface area contributed by atoms with Crippen LogP contribution in [-0.2, 0) is 9.53 Å². The molecule has 0 aromatic heterocycles. The Bertz CT molecular complexity index is 101. The first-order valence-electron chi connectivity index (χ1n) is 1.65. The maximum absolute atomic E-state index is 9.75. The Morgan fingerprint density at radius 1 is 1.75 bits per heavy atom. The SMILES string of the molecule is COC(Cl)(Cl)C(=O)[O-]. The van der Waals surface area contributed by atoms with Crippen molar-refractivity contribution >= 4 is 29.2 Å². The Hall–Kier alpha value is 0.01000. The summed E-state index contributed by atoms with van der Waals surface area (Å²) in [6.45, 7) is 0. The minimum Gasteiger partial charge on any atom is -0.544 e. The molecule has 0 heterocycles. The molecule has 0 fully saturated rings. The number of alkyl halides is 2. The number of halogens is 2. The minimum atomic E-state index is -2.21. The van der Waals surface area contributed by atoms with Gasteiger partial charge in [-0.05, 0) is 0 Å². The van der Waals surface area contributed by atoms with Crippen molar-refractivity contribution in [3.05, 3.63) is 0 Å². The third-order valence-corrected chi connectivity index (χ3v) is 1.11. The number of methoxy groups -OCH3 is 1. The van der Waals surface area contributed by atoms with E-state index in [-0.39, 0.29) is 0 Å². The molecule has 0 aliphatic rings. The first-order chi connectivity index (χ1) is 3.50. The van der Waals surface area contributed by atoms with Crippen molar-refractivity contribution in [2.24, 2.45) is 0 Å². The van der Waals surface area contributed by atoms with E-state index in [4.69, 9.17) is 23.2 Å². The lowest BCUT2D eigenvalue weighted by Crippen LogP contribution is -2.40. The highest BCUT2D eigenvalue weighted by Gasteiger charge is 2.23. The lowest BCUT2D eigenvalue weighted by atomic mass is 10.7. The molecular weight excluding hydrogens is 155 g/mol. The second kappa shape index (κ2) is 2.53. The second-order valence-corrected chi connectivity index (χ2v) is 2.27. The maximum Gasteiger partial charge on any atom is 0.258 e. The Morgan fingerprint density at radius 3 is 2.12 bits per heavy atom. The molecule has 0 spiro atoms. The number of ether oxygens (including phenoxy) is 1. The standard InChI is InChI=1S/C3H4Cl2O3/c1-8-3(4,5)2(6)7/h1H3,(H,6,7)/p-1. The van der Waals surface area contributed by atoms with Crippen LogP contribution in [0.3, 0.4) is 0 Å².